The predicted molar refractivity (Wildman–Crippen MR) is 125 cm³/mol. The molecule has 0 bridgehead atoms. The van der Waals surface area contributed by atoms with Crippen LogP contribution in [0, 0.1) is 0 Å². The summed E-state index contributed by atoms with van der Waals surface area (Å²) >= 11 is 0. The molecule has 6 heteroatoms. The van der Waals surface area contributed by atoms with Crippen molar-refractivity contribution in [2.75, 3.05) is 5.75 Å². The minimum Gasteiger partial charge on any atom is -0.748 e. The summed E-state index contributed by atoms with van der Waals surface area (Å²) in [5.41, 5.74) is 2.70. The first-order valence-electron chi connectivity index (χ1n) is 12.1. The molecule has 0 saturated heterocycles. The third-order valence-corrected chi connectivity index (χ3v) is 6.43. The molecule has 1 unspecified atom stereocenters. The molecule has 0 aliphatic carbocycles. The molecular weight excluding hydrogens is 419 g/mol. The van der Waals surface area contributed by atoms with Gasteiger partial charge in [0.1, 0.15) is 11.9 Å². The van der Waals surface area contributed by atoms with E-state index < -0.39 is 22.0 Å². The maximum atomic E-state index is 11.0. The molecule has 1 aromatic carbocycles. The Morgan fingerprint density at radius 3 is 1.81 bits per heavy atom. The van der Waals surface area contributed by atoms with Crippen LogP contribution in [0.4, 0.5) is 0 Å². The molecule has 4 nitrogen and oxygen atoms in total. The zero-order valence-corrected chi connectivity index (χ0v) is 23.3. The van der Waals surface area contributed by atoms with Crippen molar-refractivity contribution in [3.05, 3.63) is 29.3 Å². The van der Waals surface area contributed by atoms with E-state index in [4.69, 9.17) is 4.74 Å². The van der Waals surface area contributed by atoms with E-state index in [0.717, 1.165) is 12.8 Å². The van der Waals surface area contributed by atoms with E-state index in [1.54, 1.807) is 6.92 Å². The normalized spacial score (nSPS) is 12.4. The van der Waals surface area contributed by atoms with E-state index in [1.807, 2.05) is 6.07 Å². The topological polar surface area (TPSA) is 66.4 Å². The molecule has 0 aliphatic heterocycles. The Bertz CT molecular complexity index is 676. The van der Waals surface area contributed by atoms with Gasteiger partial charge in [0.15, 0.2) is 0 Å². The SMILES string of the molecule is CCCCCCCCc1ccc(OC(C)CS(=O)(=O)[O-])cc1CCCCCCCC.[Na+]. The van der Waals surface area contributed by atoms with E-state index in [2.05, 4.69) is 26.0 Å². The fraction of sp³-hybridized carbons (Fsp3) is 0.760. The van der Waals surface area contributed by atoms with Gasteiger partial charge >= 0.3 is 29.6 Å². The van der Waals surface area contributed by atoms with E-state index in [-0.39, 0.29) is 29.6 Å². The number of unbranched alkanes of at least 4 members (excludes halogenated alkanes) is 10. The van der Waals surface area contributed by atoms with Gasteiger partial charge in [0, 0.05) is 0 Å². The average Bonchev–Trinajstić information content (AvgIpc) is 2.67. The van der Waals surface area contributed by atoms with E-state index >= 15 is 0 Å². The number of hydrogen-bond donors (Lipinski definition) is 0. The third kappa shape index (κ3) is 16.2. The van der Waals surface area contributed by atoms with Crippen LogP contribution >= 0.6 is 0 Å². The third-order valence-electron chi connectivity index (χ3n) is 5.55. The quantitative estimate of drug-likeness (QED) is 0.189. The maximum absolute atomic E-state index is 11.0. The van der Waals surface area contributed by atoms with Crippen molar-refractivity contribution >= 4 is 10.1 Å². The van der Waals surface area contributed by atoms with Gasteiger partial charge < -0.3 is 9.29 Å². The molecule has 0 aromatic heterocycles. The van der Waals surface area contributed by atoms with Gasteiger partial charge in [-0.15, -0.1) is 0 Å². The van der Waals surface area contributed by atoms with Gasteiger partial charge in [0.25, 0.3) is 0 Å². The minimum atomic E-state index is -4.28. The van der Waals surface area contributed by atoms with Gasteiger partial charge in [0.2, 0.25) is 0 Å². The van der Waals surface area contributed by atoms with Gasteiger partial charge in [-0.3, -0.25) is 0 Å². The van der Waals surface area contributed by atoms with Crippen LogP contribution in [0.1, 0.15) is 109 Å². The summed E-state index contributed by atoms with van der Waals surface area (Å²) in [5, 5.41) is 0. The molecule has 174 valence electrons. The molecule has 0 fully saturated rings. The number of rotatable bonds is 18. The second kappa shape index (κ2) is 18.4. The van der Waals surface area contributed by atoms with Gasteiger partial charge in [-0.05, 0) is 55.9 Å². The molecule has 0 heterocycles. The Hall–Kier alpha value is -0.0700. The Morgan fingerprint density at radius 1 is 0.806 bits per heavy atom. The standard InChI is InChI=1S/C25H44O4S.Na/c1-4-6-8-10-12-14-16-23-18-19-25(29-22(3)21-30(26,27)28)20-24(23)17-15-13-11-9-7-5-2;/h18-20,22H,4-17,21H2,1-3H3,(H,26,27,28);/q;+1/p-1. The van der Waals surface area contributed by atoms with Gasteiger partial charge in [-0.25, -0.2) is 8.42 Å². The fourth-order valence-electron chi connectivity index (χ4n) is 3.90. The van der Waals surface area contributed by atoms with Crippen molar-refractivity contribution in [3.8, 4) is 5.75 Å². The van der Waals surface area contributed by atoms with E-state index in [1.165, 1.54) is 88.2 Å². The van der Waals surface area contributed by atoms with Crippen LogP contribution in [0.25, 0.3) is 0 Å². The van der Waals surface area contributed by atoms with Crippen LogP contribution in [0.2, 0.25) is 0 Å². The second-order valence-corrected chi connectivity index (χ2v) is 10.1. The van der Waals surface area contributed by atoms with Crippen molar-refractivity contribution in [2.45, 2.75) is 117 Å². The molecule has 0 spiro atoms. The maximum Gasteiger partial charge on any atom is 1.00 e. The van der Waals surface area contributed by atoms with E-state index in [0.29, 0.717) is 5.75 Å². The Kier molecular flexibility index (Phi) is 18.3. The van der Waals surface area contributed by atoms with Crippen LogP contribution in [-0.2, 0) is 23.0 Å². The van der Waals surface area contributed by atoms with Gasteiger partial charge in [-0.2, -0.15) is 0 Å². The second-order valence-electron chi connectivity index (χ2n) is 8.62. The summed E-state index contributed by atoms with van der Waals surface area (Å²) < 4.78 is 38.7. The molecule has 0 saturated carbocycles. The summed E-state index contributed by atoms with van der Waals surface area (Å²) in [4.78, 5) is 0. The van der Waals surface area contributed by atoms with Crippen LogP contribution < -0.4 is 34.3 Å². The van der Waals surface area contributed by atoms with Crippen molar-refractivity contribution in [3.63, 3.8) is 0 Å². The smallest absolute Gasteiger partial charge is 0.748 e. The van der Waals surface area contributed by atoms with Crippen molar-refractivity contribution in [1.29, 1.82) is 0 Å². The van der Waals surface area contributed by atoms with E-state index in [9.17, 15) is 13.0 Å². The summed E-state index contributed by atoms with van der Waals surface area (Å²) in [6, 6.07) is 6.11. The van der Waals surface area contributed by atoms with Crippen molar-refractivity contribution < 1.29 is 47.3 Å². The van der Waals surface area contributed by atoms with Crippen LogP contribution in [-0.4, -0.2) is 24.8 Å². The number of benzene rings is 1. The molecule has 0 radical (unpaired) electrons. The molecule has 0 aliphatic rings. The van der Waals surface area contributed by atoms with Crippen LogP contribution in [0.3, 0.4) is 0 Å². The largest absolute Gasteiger partial charge is 1.00 e. The zero-order valence-electron chi connectivity index (χ0n) is 20.5. The molecule has 1 aromatic rings. The molecule has 0 amide bonds. The summed E-state index contributed by atoms with van der Waals surface area (Å²) in [6.45, 7) is 6.11. The fourth-order valence-corrected chi connectivity index (χ4v) is 4.54. The summed E-state index contributed by atoms with van der Waals surface area (Å²) in [7, 11) is -4.28. The van der Waals surface area contributed by atoms with Crippen molar-refractivity contribution in [2.24, 2.45) is 0 Å². The average molecular weight is 463 g/mol. The van der Waals surface area contributed by atoms with Crippen LogP contribution in [0.5, 0.6) is 5.75 Å². The first-order valence-corrected chi connectivity index (χ1v) is 13.7. The number of hydrogen-bond acceptors (Lipinski definition) is 4. The van der Waals surface area contributed by atoms with Gasteiger partial charge in [0.05, 0.1) is 15.9 Å². The minimum absolute atomic E-state index is 0. The Morgan fingerprint density at radius 2 is 1.29 bits per heavy atom. The molecule has 1 atom stereocenters. The molecule has 31 heavy (non-hydrogen) atoms. The van der Waals surface area contributed by atoms with Gasteiger partial charge in [-0.1, -0.05) is 84.1 Å². The number of ether oxygens (including phenoxy) is 1. The first-order chi connectivity index (χ1) is 14.4. The van der Waals surface area contributed by atoms with Crippen molar-refractivity contribution in [1.82, 2.24) is 0 Å². The first kappa shape index (κ1) is 30.9. The summed E-state index contributed by atoms with van der Waals surface area (Å²) in [5.74, 6) is 0.165. The zero-order chi connectivity index (χ0) is 22.2. The summed E-state index contributed by atoms with van der Waals surface area (Å²) in [6.07, 6.45) is 16.8. The Balaban J connectivity index is 0.00000900. The predicted octanol–water partition coefficient (Wildman–Crippen LogP) is 3.81. The molecule has 1 rings (SSSR count). The molecular formula is C25H43NaO4S. The monoisotopic (exact) mass is 462 g/mol. The molecule has 0 N–H and O–H groups in total. The number of aryl methyl sites for hydroxylation is 2. The van der Waals surface area contributed by atoms with Crippen LogP contribution in [0.15, 0.2) is 18.2 Å². The Labute approximate surface area is 214 Å².